The lowest BCUT2D eigenvalue weighted by Gasteiger charge is -2.19. The zero-order chi connectivity index (χ0) is 14.5. The molecule has 0 heterocycles. The molecule has 0 aliphatic rings. The predicted octanol–water partition coefficient (Wildman–Crippen LogP) is 4.22. The van der Waals surface area contributed by atoms with Crippen molar-refractivity contribution in [3.63, 3.8) is 0 Å². The molecule has 0 saturated carbocycles. The van der Waals surface area contributed by atoms with Gasteiger partial charge in [-0.2, -0.15) is 0 Å². The summed E-state index contributed by atoms with van der Waals surface area (Å²) in [5.74, 6) is 1.05. The first kappa shape index (κ1) is 14.4. The van der Waals surface area contributed by atoms with Crippen LogP contribution in [0.5, 0.6) is 0 Å². The fourth-order valence-electron chi connectivity index (χ4n) is 2.85. The normalized spacial score (nSPS) is 13.9. The van der Waals surface area contributed by atoms with Crippen LogP contribution in [0.25, 0.3) is 0 Å². The molecule has 0 fully saturated rings. The molecule has 2 aromatic carbocycles. The lowest BCUT2D eigenvalue weighted by molar-refractivity contribution is 0.483. The van der Waals surface area contributed by atoms with Gasteiger partial charge in [0.1, 0.15) is 0 Å². The highest BCUT2D eigenvalue weighted by Crippen LogP contribution is 2.30. The lowest BCUT2D eigenvalue weighted by Crippen LogP contribution is -2.07. The van der Waals surface area contributed by atoms with Crippen molar-refractivity contribution in [2.45, 2.75) is 32.6 Å². The van der Waals surface area contributed by atoms with Gasteiger partial charge in [0, 0.05) is 11.4 Å². The Bertz CT molecular complexity index is 549. The van der Waals surface area contributed by atoms with E-state index in [2.05, 4.69) is 44.2 Å². The van der Waals surface area contributed by atoms with E-state index in [0.29, 0.717) is 11.8 Å². The number of benzene rings is 2. The highest BCUT2D eigenvalue weighted by atomic mass is 14.6. The zero-order valence-corrected chi connectivity index (χ0v) is 12.3. The SMILES string of the molecule is CC(Cc1ccccc1)CC(C)c1cc(N)ccc1N. The van der Waals surface area contributed by atoms with Gasteiger partial charge in [-0.05, 0) is 54.0 Å². The summed E-state index contributed by atoms with van der Waals surface area (Å²) in [6.45, 7) is 4.53. The molecule has 2 heteroatoms. The molecule has 106 valence electrons. The van der Waals surface area contributed by atoms with Gasteiger partial charge in [0.2, 0.25) is 0 Å². The Morgan fingerprint density at radius 3 is 2.35 bits per heavy atom. The van der Waals surface area contributed by atoms with Crippen molar-refractivity contribution in [1.29, 1.82) is 0 Å². The van der Waals surface area contributed by atoms with Gasteiger partial charge < -0.3 is 11.5 Å². The molecule has 0 aliphatic heterocycles. The highest BCUT2D eigenvalue weighted by molar-refractivity contribution is 5.56. The molecule has 2 unspecified atom stereocenters. The third kappa shape index (κ3) is 3.77. The van der Waals surface area contributed by atoms with Crippen LogP contribution < -0.4 is 11.5 Å². The second kappa shape index (κ2) is 6.47. The number of nitrogen functional groups attached to an aromatic ring is 2. The number of hydrogen-bond acceptors (Lipinski definition) is 2. The van der Waals surface area contributed by atoms with Gasteiger partial charge in [-0.1, -0.05) is 44.2 Å². The van der Waals surface area contributed by atoms with Gasteiger partial charge in [-0.15, -0.1) is 0 Å². The monoisotopic (exact) mass is 268 g/mol. The molecule has 0 aliphatic carbocycles. The second-order valence-corrected chi connectivity index (χ2v) is 5.82. The van der Waals surface area contributed by atoms with Crippen molar-refractivity contribution >= 4 is 11.4 Å². The molecule has 2 rings (SSSR count). The van der Waals surface area contributed by atoms with Crippen LogP contribution in [0, 0.1) is 5.92 Å². The quantitative estimate of drug-likeness (QED) is 0.797. The Kier molecular flexibility index (Phi) is 4.67. The molecular weight excluding hydrogens is 244 g/mol. The van der Waals surface area contributed by atoms with E-state index < -0.39 is 0 Å². The average molecular weight is 268 g/mol. The van der Waals surface area contributed by atoms with Crippen LogP contribution in [0.1, 0.15) is 37.3 Å². The van der Waals surface area contributed by atoms with Crippen molar-refractivity contribution in [3.05, 3.63) is 59.7 Å². The topological polar surface area (TPSA) is 52.0 Å². The Balaban J connectivity index is 2.00. The maximum absolute atomic E-state index is 6.06. The molecular formula is C18H24N2. The summed E-state index contributed by atoms with van der Waals surface area (Å²) < 4.78 is 0. The predicted molar refractivity (Wildman–Crippen MR) is 87.6 cm³/mol. The van der Waals surface area contributed by atoms with E-state index in [1.807, 2.05) is 18.2 Å². The maximum atomic E-state index is 6.06. The van der Waals surface area contributed by atoms with E-state index in [4.69, 9.17) is 11.5 Å². The van der Waals surface area contributed by atoms with Gasteiger partial charge in [-0.25, -0.2) is 0 Å². The number of anilines is 2. The van der Waals surface area contributed by atoms with Crippen LogP contribution >= 0.6 is 0 Å². The Hall–Kier alpha value is -1.96. The van der Waals surface area contributed by atoms with Crippen LogP contribution in [-0.4, -0.2) is 0 Å². The van der Waals surface area contributed by atoms with Crippen LogP contribution in [0.15, 0.2) is 48.5 Å². The molecule has 0 bridgehead atoms. The summed E-state index contributed by atoms with van der Waals surface area (Å²) in [5.41, 5.74) is 16.1. The number of nitrogens with two attached hydrogens (primary N) is 2. The lowest BCUT2D eigenvalue weighted by atomic mass is 9.87. The molecule has 20 heavy (non-hydrogen) atoms. The van der Waals surface area contributed by atoms with Crippen molar-refractivity contribution < 1.29 is 0 Å². The Morgan fingerprint density at radius 1 is 0.950 bits per heavy atom. The second-order valence-electron chi connectivity index (χ2n) is 5.82. The van der Waals surface area contributed by atoms with E-state index in [0.717, 1.165) is 24.2 Å². The summed E-state index contributed by atoms with van der Waals surface area (Å²) in [7, 11) is 0. The molecule has 0 radical (unpaired) electrons. The van der Waals surface area contributed by atoms with E-state index in [1.54, 1.807) is 0 Å². The fraction of sp³-hybridized carbons (Fsp3) is 0.333. The molecule has 0 saturated heterocycles. The number of rotatable bonds is 5. The minimum Gasteiger partial charge on any atom is -0.399 e. The smallest absolute Gasteiger partial charge is 0.0350 e. The maximum Gasteiger partial charge on any atom is 0.0350 e. The van der Waals surface area contributed by atoms with Crippen LogP contribution in [0.2, 0.25) is 0 Å². The molecule has 2 nitrogen and oxygen atoms in total. The van der Waals surface area contributed by atoms with E-state index in [1.165, 1.54) is 11.1 Å². The summed E-state index contributed by atoms with van der Waals surface area (Å²) in [4.78, 5) is 0. The third-order valence-electron chi connectivity index (χ3n) is 3.82. The number of hydrogen-bond donors (Lipinski definition) is 2. The minimum atomic E-state index is 0.428. The first-order valence-corrected chi connectivity index (χ1v) is 7.25. The molecule has 0 spiro atoms. The van der Waals surface area contributed by atoms with Crippen LogP contribution in [-0.2, 0) is 6.42 Å². The fourth-order valence-corrected chi connectivity index (χ4v) is 2.85. The molecule has 2 aromatic rings. The van der Waals surface area contributed by atoms with Crippen molar-refractivity contribution in [2.24, 2.45) is 5.92 Å². The van der Waals surface area contributed by atoms with E-state index >= 15 is 0 Å². The van der Waals surface area contributed by atoms with Crippen molar-refractivity contribution in [1.82, 2.24) is 0 Å². The Morgan fingerprint density at radius 2 is 1.65 bits per heavy atom. The van der Waals surface area contributed by atoms with Crippen LogP contribution in [0.4, 0.5) is 11.4 Å². The first-order valence-electron chi connectivity index (χ1n) is 7.25. The van der Waals surface area contributed by atoms with Crippen molar-refractivity contribution in [3.8, 4) is 0 Å². The molecule has 4 N–H and O–H groups in total. The highest BCUT2D eigenvalue weighted by Gasteiger charge is 2.14. The summed E-state index contributed by atoms with van der Waals surface area (Å²) in [6, 6.07) is 16.4. The molecule has 2 atom stereocenters. The largest absolute Gasteiger partial charge is 0.399 e. The van der Waals surface area contributed by atoms with Crippen LogP contribution in [0.3, 0.4) is 0 Å². The molecule has 0 aromatic heterocycles. The van der Waals surface area contributed by atoms with Gasteiger partial charge in [0.15, 0.2) is 0 Å². The van der Waals surface area contributed by atoms with E-state index in [-0.39, 0.29) is 0 Å². The van der Waals surface area contributed by atoms with Gasteiger partial charge in [-0.3, -0.25) is 0 Å². The van der Waals surface area contributed by atoms with Gasteiger partial charge >= 0.3 is 0 Å². The molecule has 0 amide bonds. The summed E-state index contributed by atoms with van der Waals surface area (Å²) in [6.07, 6.45) is 2.22. The first-order chi connectivity index (χ1) is 9.56. The van der Waals surface area contributed by atoms with Gasteiger partial charge in [0.05, 0.1) is 0 Å². The standard InChI is InChI=1S/C18H24N2/c1-13(11-15-6-4-3-5-7-15)10-14(2)17-12-16(19)8-9-18(17)20/h3-9,12-14H,10-11,19-20H2,1-2H3. The Labute approximate surface area is 121 Å². The van der Waals surface area contributed by atoms with Gasteiger partial charge in [0.25, 0.3) is 0 Å². The third-order valence-corrected chi connectivity index (χ3v) is 3.82. The minimum absolute atomic E-state index is 0.428. The summed E-state index contributed by atoms with van der Waals surface area (Å²) >= 11 is 0. The van der Waals surface area contributed by atoms with E-state index in [9.17, 15) is 0 Å². The zero-order valence-electron chi connectivity index (χ0n) is 12.3. The summed E-state index contributed by atoms with van der Waals surface area (Å²) in [5, 5.41) is 0. The van der Waals surface area contributed by atoms with Crippen molar-refractivity contribution in [2.75, 3.05) is 11.5 Å². The average Bonchev–Trinajstić information content (AvgIpc) is 2.42.